The summed E-state index contributed by atoms with van der Waals surface area (Å²) < 4.78 is 9.53. The van der Waals surface area contributed by atoms with E-state index >= 15 is 0 Å². The number of hydrogen-bond acceptors (Lipinski definition) is 7. The first-order valence-corrected chi connectivity index (χ1v) is 12.4. The van der Waals surface area contributed by atoms with Gasteiger partial charge in [0.15, 0.2) is 10.9 Å². The summed E-state index contributed by atoms with van der Waals surface area (Å²) in [4.78, 5) is 27.8. The lowest BCUT2D eigenvalue weighted by Gasteiger charge is -2.32. The number of thiophene rings is 1. The highest BCUT2D eigenvalue weighted by Crippen LogP contribution is 2.39. The largest absolute Gasteiger partial charge is 0.369 e. The number of hydrogen-bond donors (Lipinski definition) is 0. The minimum atomic E-state index is -0.281. The molecule has 1 aliphatic heterocycles. The molecule has 1 aromatic carbocycles. The number of aromatic nitrogens is 4. The molecule has 0 amide bonds. The van der Waals surface area contributed by atoms with Crippen molar-refractivity contribution >= 4 is 56.5 Å². The lowest BCUT2D eigenvalue weighted by Crippen LogP contribution is -2.34. The second-order valence-electron chi connectivity index (χ2n) is 8.15. The number of Topliss-reactive ketones (excluding diaryl/α,β-unsaturated/α-hetero) is 1. The number of aryl methyl sites for hydroxylation is 1. The maximum absolute atomic E-state index is 13.2. The average Bonchev–Trinajstić information content (AvgIpc) is 3.37. The molecule has 1 aliphatic rings. The van der Waals surface area contributed by atoms with Crippen molar-refractivity contribution in [2.45, 2.75) is 44.1 Å². The Morgan fingerprint density at radius 3 is 2.78 bits per heavy atom. The van der Waals surface area contributed by atoms with Gasteiger partial charge in [0, 0.05) is 28.9 Å². The summed E-state index contributed by atoms with van der Waals surface area (Å²) in [5.41, 5.74) is 1.30. The second-order valence-corrected chi connectivity index (χ2v) is 10.6. The molecule has 0 N–H and O–H groups in total. The zero-order valence-electron chi connectivity index (χ0n) is 17.8. The molecule has 0 saturated carbocycles. The van der Waals surface area contributed by atoms with E-state index in [0.29, 0.717) is 39.9 Å². The average molecular weight is 489 g/mol. The molecule has 0 radical (unpaired) electrons. The predicted molar refractivity (Wildman–Crippen MR) is 127 cm³/mol. The Morgan fingerprint density at radius 1 is 1.31 bits per heavy atom. The molecule has 3 aromatic heterocycles. The minimum absolute atomic E-state index is 0.0259. The Bertz CT molecular complexity index is 1420. The first kappa shape index (κ1) is 21.6. The van der Waals surface area contributed by atoms with E-state index in [1.54, 1.807) is 42.6 Å². The van der Waals surface area contributed by atoms with Crippen molar-refractivity contribution in [3.8, 4) is 0 Å². The van der Waals surface area contributed by atoms with E-state index in [0.717, 1.165) is 21.7 Å². The summed E-state index contributed by atoms with van der Waals surface area (Å²) in [5, 5.41) is 10.4. The third-order valence-corrected chi connectivity index (χ3v) is 8.43. The second kappa shape index (κ2) is 7.98. The molecule has 0 fully saturated rings. The normalized spacial score (nSPS) is 18.4. The third-order valence-electron chi connectivity index (χ3n) is 6.06. The molecule has 4 aromatic rings. The first-order chi connectivity index (χ1) is 15.3. The van der Waals surface area contributed by atoms with E-state index in [-0.39, 0.29) is 22.7 Å². The van der Waals surface area contributed by atoms with Crippen LogP contribution >= 0.6 is 34.7 Å². The number of ether oxygens (including phenoxy) is 1. The smallest absolute Gasteiger partial charge is 0.263 e. The Balaban J connectivity index is 1.58. The molecule has 4 heterocycles. The fourth-order valence-corrected chi connectivity index (χ4v) is 6.16. The lowest BCUT2D eigenvalue weighted by atomic mass is 9.90. The highest BCUT2D eigenvalue weighted by Gasteiger charge is 2.34. The van der Waals surface area contributed by atoms with E-state index in [2.05, 4.69) is 24.0 Å². The van der Waals surface area contributed by atoms with Crippen LogP contribution in [0.15, 0.2) is 34.2 Å². The zero-order chi connectivity index (χ0) is 22.6. The maximum Gasteiger partial charge on any atom is 0.263 e. The van der Waals surface area contributed by atoms with Gasteiger partial charge in [0.05, 0.1) is 23.3 Å². The molecular weight excluding hydrogens is 468 g/mol. The van der Waals surface area contributed by atoms with Gasteiger partial charge in [-0.25, -0.2) is 4.40 Å². The van der Waals surface area contributed by atoms with Gasteiger partial charge in [0.1, 0.15) is 4.83 Å². The van der Waals surface area contributed by atoms with Gasteiger partial charge in [-0.1, -0.05) is 30.3 Å². The summed E-state index contributed by atoms with van der Waals surface area (Å²) >= 11 is 8.78. The molecule has 0 aliphatic carbocycles. The predicted octanol–water partition coefficient (Wildman–Crippen LogP) is 4.51. The molecule has 32 heavy (non-hydrogen) atoms. The van der Waals surface area contributed by atoms with E-state index in [1.165, 1.54) is 16.3 Å². The highest BCUT2D eigenvalue weighted by atomic mass is 35.5. The quantitative estimate of drug-likeness (QED) is 0.304. The van der Waals surface area contributed by atoms with Crippen LogP contribution in [0.4, 0.5) is 0 Å². The number of carbonyl (C=O) groups is 1. The van der Waals surface area contributed by atoms with Crippen molar-refractivity contribution in [1.82, 2.24) is 19.2 Å². The van der Waals surface area contributed by atoms with Gasteiger partial charge in [-0.3, -0.25) is 14.2 Å². The zero-order valence-corrected chi connectivity index (χ0v) is 20.2. The summed E-state index contributed by atoms with van der Waals surface area (Å²) in [6, 6.07) is 6.83. The van der Waals surface area contributed by atoms with Crippen LogP contribution in [-0.2, 0) is 24.8 Å². The van der Waals surface area contributed by atoms with Gasteiger partial charge in [-0.2, -0.15) is 0 Å². The van der Waals surface area contributed by atoms with Crippen molar-refractivity contribution in [3.05, 3.63) is 55.6 Å². The number of rotatable bonds is 5. The van der Waals surface area contributed by atoms with Gasteiger partial charge >= 0.3 is 0 Å². The lowest BCUT2D eigenvalue weighted by molar-refractivity contribution is -0.0543. The summed E-state index contributed by atoms with van der Waals surface area (Å²) in [6.45, 7) is 4.68. The van der Waals surface area contributed by atoms with E-state index in [1.807, 2.05) is 4.40 Å². The van der Waals surface area contributed by atoms with Gasteiger partial charge < -0.3 is 4.74 Å². The summed E-state index contributed by atoms with van der Waals surface area (Å²) in [6.07, 6.45) is 1.56. The van der Waals surface area contributed by atoms with Crippen molar-refractivity contribution < 1.29 is 9.53 Å². The number of halogens is 1. The van der Waals surface area contributed by atoms with Crippen molar-refractivity contribution in [3.63, 3.8) is 0 Å². The van der Waals surface area contributed by atoms with Gasteiger partial charge in [-0.05, 0) is 43.2 Å². The first-order valence-electron chi connectivity index (χ1n) is 10.2. The Kier molecular flexibility index (Phi) is 5.40. The van der Waals surface area contributed by atoms with Crippen LogP contribution in [0.5, 0.6) is 0 Å². The topological polar surface area (TPSA) is 78.5 Å². The third kappa shape index (κ3) is 3.48. The van der Waals surface area contributed by atoms with Crippen molar-refractivity contribution in [1.29, 1.82) is 0 Å². The number of carbonyl (C=O) groups excluding carboxylic acids is 1. The molecular formula is C22H21ClN4O3S2. The van der Waals surface area contributed by atoms with Crippen LogP contribution in [0.3, 0.4) is 0 Å². The molecule has 1 atom stereocenters. The monoisotopic (exact) mass is 488 g/mol. The number of thioether (sulfide) groups is 1. The Labute approximate surface area is 197 Å². The Hall–Kier alpha value is -2.20. The summed E-state index contributed by atoms with van der Waals surface area (Å²) in [7, 11) is 1.71. The van der Waals surface area contributed by atoms with Crippen LogP contribution in [0.25, 0.3) is 16.0 Å². The minimum Gasteiger partial charge on any atom is -0.369 e. The number of benzene rings is 1. The van der Waals surface area contributed by atoms with E-state index in [9.17, 15) is 9.59 Å². The van der Waals surface area contributed by atoms with Crippen LogP contribution < -0.4 is 5.56 Å². The molecule has 0 bridgehead atoms. The van der Waals surface area contributed by atoms with Gasteiger partial charge in [0.25, 0.3) is 5.56 Å². The molecule has 10 heteroatoms. The van der Waals surface area contributed by atoms with Crippen LogP contribution in [0, 0.1) is 0 Å². The SMILES string of the molecule is CC[C@@]1(C)Cc2c(sc3c2c(=O)n(C)c2nnc(SCC(=O)c4ccc(Cl)cc4)n32)CO1. The number of nitrogens with zero attached hydrogens (tertiary/aromatic N) is 4. The van der Waals surface area contributed by atoms with E-state index in [4.69, 9.17) is 16.3 Å². The van der Waals surface area contributed by atoms with Crippen molar-refractivity contribution in [2.75, 3.05) is 5.75 Å². The fraction of sp³-hybridized carbons (Fsp3) is 0.364. The molecule has 166 valence electrons. The molecule has 0 spiro atoms. The molecule has 0 saturated heterocycles. The Morgan fingerprint density at radius 2 is 2.06 bits per heavy atom. The maximum atomic E-state index is 13.2. The van der Waals surface area contributed by atoms with Crippen LogP contribution in [0.2, 0.25) is 5.02 Å². The molecule has 7 nitrogen and oxygen atoms in total. The standard InChI is InChI=1S/C22H21ClN4O3S2/c1-4-22(2)9-14-16(10-30-22)32-19-17(14)18(29)26(3)20-24-25-21(27(19)20)31-11-15(28)12-5-7-13(23)8-6-12/h5-8H,4,9-11H2,1-3H3/t22-/m0/s1. The summed E-state index contributed by atoms with van der Waals surface area (Å²) in [5.74, 6) is 0.637. The fourth-order valence-electron chi connectivity index (χ4n) is 3.93. The highest BCUT2D eigenvalue weighted by molar-refractivity contribution is 7.99. The molecule has 0 unspecified atom stereocenters. The van der Waals surface area contributed by atoms with Crippen LogP contribution in [-0.4, -0.2) is 36.3 Å². The van der Waals surface area contributed by atoms with Gasteiger partial charge in [-0.15, -0.1) is 21.5 Å². The van der Waals surface area contributed by atoms with E-state index < -0.39 is 0 Å². The van der Waals surface area contributed by atoms with Crippen molar-refractivity contribution in [2.24, 2.45) is 7.05 Å². The molecule has 5 rings (SSSR count). The van der Waals surface area contributed by atoms with Crippen LogP contribution in [0.1, 0.15) is 41.1 Å². The number of ketones is 1. The number of fused-ring (bicyclic) bond motifs is 5. The van der Waals surface area contributed by atoms with Gasteiger partial charge in [0.2, 0.25) is 5.78 Å².